The molecule has 0 saturated carbocycles. The predicted octanol–water partition coefficient (Wildman–Crippen LogP) is 2.47. The fourth-order valence-corrected chi connectivity index (χ4v) is 3.58. The van der Waals surface area contributed by atoms with Gasteiger partial charge < -0.3 is 22.1 Å². The van der Waals surface area contributed by atoms with Gasteiger partial charge in [-0.2, -0.15) is 5.10 Å². The van der Waals surface area contributed by atoms with Crippen molar-refractivity contribution in [1.29, 1.82) is 0 Å². The first-order chi connectivity index (χ1) is 15.7. The van der Waals surface area contributed by atoms with Gasteiger partial charge in [0.1, 0.15) is 17.8 Å². The number of nitrogen functional groups attached to an aromatic ring is 2. The van der Waals surface area contributed by atoms with Crippen LogP contribution in [0, 0.1) is 12.7 Å². The van der Waals surface area contributed by atoms with Gasteiger partial charge in [0.25, 0.3) is 5.91 Å². The number of hydrogen-bond donors (Lipinski definition) is 4. The number of hydrogen-bond acceptors (Lipinski definition) is 8. The van der Waals surface area contributed by atoms with Crippen molar-refractivity contribution in [3.8, 4) is 0 Å². The van der Waals surface area contributed by atoms with Crippen molar-refractivity contribution >= 4 is 34.1 Å². The lowest BCUT2D eigenvalue weighted by Gasteiger charge is -2.19. The summed E-state index contributed by atoms with van der Waals surface area (Å²) in [5.74, 6) is -0.410. The van der Waals surface area contributed by atoms with Crippen LogP contribution in [0.3, 0.4) is 0 Å². The van der Waals surface area contributed by atoms with Crippen LogP contribution in [0.2, 0.25) is 0 Å². The van der Waals surface area contributed by atoms with E-state index in [0.29, 0.717) is 17.0 Å². The number of anilines is 3. The molecule has 6 N–H and O–H groups in total. The second-order valence-corrected chi connectivity index (χ2v) is 7.70. The molecule has 1 amide bonds. The fourth-order valence-electron chi connectivity index (χ4n) is 3.58. The Labute approximate surface area is 189 Å². The molecular weight excluding hydrogens is 425 g/mol. The number of aromatic nitrogens is 5. The van der Waals surface area contributed by atoms with Gasteiger partial charge in [0.2, 0.25) is 0 Å². The molecule has 0 saturated heterocycles. The third-order valence-corrected chi connectivity index (χ3v) is 5.29. The average Bonchev–Trinajstić information content (AvgIpc) is 3.11. The number of nitrogens with zero attached hydrogens (tertiary/aromatic N) is 5. The second-order valence-electron chi connectivity index (χ2n) is 7.70. The topological polar surface area (TPSA) is 150 Å². The lowest BCUT2D eigenvalue weighted by Crippen LogP contribution is -2.27. The van der Waals surface area contributed by atoms with E-state index >= 15 is 0 Å². The Morgan fingerprint density at radius 1 is 1.24 bits per heavy atom. The number of halogens is 1. The number of nitrogens with one attached hydrogen (secondary N) is 2. The van der Waals surface area contributed by atoms with Gasteiger partial charge in [-0.1, -0.05) is 6.07 Å². The normalized spacial score (nSPS) is 12.0. The summed E-state index contributed by atoms with van der Waals surface area (Å²) < 4.78 is 16.2. The molecule has 4 aromatic rings. The third-order valence-electron chi connectivity index (χ3n) is 5.29. The first-order valence-corrected chi connectivity index (χ1v) is 10.2. The summed E-state index contributed by atoms with van der Waals surface area (Å²) in [4.78, 5) is 25.7. The first-order valence-electron chi connectivity index (χ1n) is 10.2. The minimum atomic E-state index is -0.506. The van der Waals surface area contributed by atoms with E-state index < -0.39 is 17.8 Å². The van der Waals surface area contributed by atoms with E-state index in [0.717, 1.165) is 11.4 Å². The molecule has 11 heteroatoms. The number of carbonyl (C=O) groups excluding carboxylic acids is 1. The zero-order chi connectivity index (χ0) is 23.7. The lowest BCUT2D eigenvalue weighted by atomic mass is 10.0. The molecule has 0 aliphatic rings. The van der Waals surface area contributed by atoms with Crippen molar-refractivity contribution < 1.29 is 9.18 Å². The highest BCUT2D eigenvalue weighted by atomic mass is 19.1. The highest BCUT2D eigenvalue weighted by molar-refractivity contribution is 5.99. The monoisotopic (exact) mass is 449 g/mol. The molecule has 3 heterocycles. The van der Waals surface area contributed by atoms with Gasteiger partial charge in [0.05, 0.1) is 40.7 Å². The number of rotatable bonds is 6. The van der Waals surface area contributed by atoms with Gasteiger partial charge >= 0.3 is 0 Å². The van der Waals surface area contributed by atoms with Crippen LogP contribution in [0.5, 0.6) is 0 Å². The fraction of sp³-hybridized carbons (Fsp3) is 0.227. The summed E-state index contributed by atoms with van der Waals surface area (Å²) >= 11 is 0. The molecule has 0 bridgehead atoms. The van der Waals surface area contributed by atoms with Gasteiger partial charge in [-0.05, 0) is 38.1 Å². The van der Waals surface area contributed by atoms with Crippen molar-refractivity contribution in [1.82, 2.24) is 30.0 Å². The Hall–Kier alpha value is -4.28. The van der Waals surface area contributed by atoms with Crippen LogP contribution in [0.15, 0.2) is 36.7 Å². The van der Waals surface area contributed by atoms with Crippen molar-refractivity contribution in [3.05, 3.63) is 65.1 Å². The number of carbonyl (C=O) groups is 1. The van der Waals surface area contributed by atoms with Gasteiger partial charge in [-0.25, -0.2) is 19.3 Å². The molecule has 170 valence electrons. The van der Waals surface area contributed by atoms with Crippen LogP contribution in [0.4, 0.5) is 21.7 Å². The van der Waals surface area contributed by atoms with Crippen molar-refractivity contribution in [3.63, 3.8) is 0 Å². The summed E-state index contributed by atoms with van der Waals surface area (Å²) in [6, 6.07) is 7.47. The van der Waals surface area contributed by atoms with E-state index in [2.05, 4.69) is 30.7 Å². The highest BCUT2D eigenvalue weighted by Gasteiger charge is 2.22. The van der Waals surface area contributed by atoms with E-state index in [4.69, 9.17) is 11.5 Å². The molecule has 1 aromatic carbocycles. The molecule has 0 spiro atoms. The molecule has 3 aromatic heterocycles. The zero-order valence-electron chi connectivity index (χ0n) is 18.4. The molecule has 0 fully saturated rings. The Bertz CT molecular complexity index is 1350. The standard InChI is InChI=1S/C22H24FN9O/c1-11-7-13(32(3)31-11)9-26-22(33)15-8-14-16(23)5-4-6-17(14)30-19(15)12(2)29-21-18(24)20(25)27-10-28-21/h4-8,10,12H,9,24H2,1-3H3,(H,26,33)(H3,25,27,28,29)/t12-/m0/s1. The number of aryl methyl sites for hydroxylation is 2. The molecule has 33 heavy (non-hydrogen) atoms. The molecule has 1 atom stereocenters. The summed E-state index contributed by atoms with van der Waals surface area (Å²) in [6.45, 7) is 3.92. The van der Waals surface area contributed by atoms with Crippen LogP contribution in [0.25, 0.3) is 10.9 Å². The number of amides is 1. The van der Waals surface area contributed by atoms with E-state index in [1.54, 1.807) is 30.8 Å². The number of fused-ring (bicyclic) bond motifs is 1. The summed E-state index contributed by atoms with van der Waals surface area (Å²) in [6.07, 6.45) is 1.29. The smallest absolute Gasteiger partial charge is 0.253 e. The molecule has 10 nitrogen and oxygen atoms in total. The maximum atomic E-state index is 14.5. The van der Waals surface area contributed by atoms with Crippen LogP contribution >= 0.6 is 0 Å². The number of benzene rings is 1. The van der Waals surface area contributed by atoms with Gasteiger partial charge in [-0.15, -0.1) is 0 Å². The van der Waals surface area contributed by atoms with E-state index in [1.807, 2.05) is 13.0 Å². The first kappa shape index (κ1) is 21.9. The summed E-state index contributed by atoms with van der Waals surface area (Å²) in [7, 11) is 1.80. The average molecular weight is 449 g/mol. The van der Waals surface area contributed by atoms with Crippen molar-refractivity contribution in [2.45, 2.75) is 26.4 Å². The Balaban J connectivity index is 1.71. The maximum Gasteiger partial charge on any atom is 0.253 e. The largest absolute Gasteiger partial charge is 0.393 e. The second kappa shape index (κ2) is 8.69. The van der Waals surface area contributed by atoms with Gasteiger partial charge in [0, 0.05) is 12.4 Å². The number of nitrogens with two attached hydrogens (primary N) is 2. The quantitative estimate of drug-likeness (QED) is 0.351. The molecule has 0 aliphatic carbocycles. The Morgan fingerprint density at radius 2 is 2.03 bits per heavy atom. The Kier molecular flexibility index (Phi) is 5.78. The van der Waals surface area contributed by atoms with Crippen molar-refractivity contribution in [2.75, 3.05) is 16.8 Å². The maximum absolute atomic E-state index is 14.5. The minimum absolute atomic E-state index is 0.137. The van der Waals surface area contributed by atoms with Crippen LogP contribution in [-0.2, 0) is 13.6 Å². The predicted molar refractivity (Wildman–Crippen MR) is 124 cm³/mol. The minimum Gasteiger partial charge on any atom is -0.393 e. The molecular formula is C22H24FN9O. The van der Waals surface area contributed by atoms with Crippen molar-refractivity contribution in [2.24, 2.45) is 7.05 Å². The highest BCUT2D eigenvalue weighted by Crippen LogP contribution is 2.28. The van der Waals surface area contributed by atoms with E-state index in [9.17, 15) is 9.18 Å². The lowest BCUT2D eigenvalue weighted by molar-refractivity contribution is 0.0948. The van der Waals surface area contributed by atoms with Gasteiger partial charge in [0.15, 0.2) is 11.6 Å². The van der Waals surface area contributed by atoms with Crippen LogP contribution in [-0.4, -0.2) is 30.6 Å². The Morgan fingerprint density at radius 3 is 2.76 bits per heavy atom. The van der Waals surface area contributed by atoms with Crippen LogP contribution < -0.4 is 22.1 Å². The van der Waals surface area contributed by atoms with E-state index in [1.165, 1.54) is 18.5 Å². The SMILES string of the molecule is Cc1cc(CNC(=O)c2cc3c(F)cccc3nc2[C@H](C)Nc2ncnc(N)c2N)n(C)n1. The third kappa shape index (κ3) is 4.38. The zero-order valence-corrected chi connectivity index (χ0v) is 18.4. The molecule has 0 radical (unpaired) electrons. The van der Waals surface area contributed by atoms with Gasteiger partial charge in [-0.3, -0.25) is 9.48 Å². The molecule has 0 unspecified atom stereocenters. The summed E-state index contributed by atoms with van der Waals surface area (Å²) in [5.41, 5.74) is 14.7. The van der Waals surface area contributed by atoms with E-state index in [-0.39, 0.29) is 29.0 Å². The molecule has 4 rings (SSSR count). The summed E-state index contributed by atoms with van der Waals surface area (Å²) in [5, 5.41) is 10.5. The number of pyridine rings is 1. The van der Waals surface area contributed by atoms with Crippen LogP contribution in [0.1, 0.15) is 40.4 Å². The molecule has 0 aliphatic heterocycles.